The first-order valence-corrected chi connectivity index (χ1v) is 6.27. The van der Waals surface area contributed by atoms with Crippen LogP contribution in [0.4, 0.5) is 0 Å². The normalized spacial score (nSPS) is 17.1. The van der Waals surface area contributed by atoms with Gasteiger partial charge in [-0.05, 0) is 6.07 Å². The molecule has 0 N–H and O–H groups in total. The van der Waals surface area contributed by atoms with Gasteiger partial charge in [0, 0.05) is 44.3 Å². The maximum atomic E-state index is 5.75. The van der Waals surface area contributed by atoms with E-state index >= 15 is 0 Å². The van der Waals surface area contributed by atoms with Crippen LogP contribution in [0.25, 0.3) is 5.65 Å². The molecule has 0 bridgehead atoms. The summed E-state index contributed by atoms with van der Waals surface area (Å²) in [6.45, 7) is 5.32. The van der Waals surface area contributed by atoms with E-state index in [-0.39, 0.29) is 0 Å². The smallest absolute Gasteiger partial charge is 0.140 e. The summed E-state index contributed by atoms with van der Waals surface area (Å²) in [6, 6.07) is 3.92. The number of morpholine rings is 1. The van der Waals surface area contributed by atoms with Gasteiger partial charge in [0.15, 0.2) is 0 Å². The zero-order chi connectivity index (χ0) is 12.2. The largest absolute Gasteiger partial charge is 0.492 e. The molecule has 0 radical (unpaired) electrons. The topological polar surface area (TPSA) is 39.0 Å². The third-order valence-electron chi connectivity index (χ3n) is 3.15. The molecule has 0 spiro atoms. The second-order valence-electron chi connectivity index (χ2n) is 4.36. The zero-order valence-electron chi connectivity index (χ0n) is 10.3. The fourth-order valence-corrected chi connectivity index (χ4v) is 2.10. The molecule has 1 fully saturated rings. The highest BCUT2D eigenvalue weighted by Gasteiger charge is 2.09. The Balaban J connectivity index is 1.52. The lowest BCUT2D eigenvalue weighted by atomic mass is 10.4. The van der Waals surface area contributed by atoms with Crippen LogP contribution >= 0.6 is 0 Å². The van der Waals surface area contributed by atoms with E-state index in [0.29, 0.717) is 6.61 Å². The summed E-state index contributed by atoms with van der Waals surface area (Å²) < 4.78 is 13.0. The maximum absolute atomic E-state index is 5.75. The number of imidazole rings is 1. The van der Waals surface area contributed by atoms with Crippen LogP contribution in [0.3, 0.4) is 0 Å². The van der Waals surface area contributed by atoms with Crippen molar-refractivity contribution in [2.24, 2.45) is 0 Å². The number of ether oxygens (including phenoxy) is 2. The highest BCUT2D eigenvalue weighted by atomic mass is 16.5. The number of aromatic nitrogens is 2. The third-order valence-corrected chi connectivity index (χ3v) is 3.15. The van der Waals surface area contributed by atoms with E-state index in [0.717, 1.165) is 44.2 Å². The van der Waals surface area contributed by atoms with Gasteiger partial charge < -0.3 is 13.9 Å². The van der Waals surface area contributed by atoms with Crippen molar-refractivity contribution in [2.75, 3.05) is 39.5 Å². The van der Waals surface area contributed by atoms with Crippen molar-refractivity contribution in [1.29, 1.82) is 0 Å². The number of fused-ring (bicyclic) bond motifs is 1. The first-order chi connectivity index (χ1) is 8.92. The monoisotopic (exact) mass is 247 g/mol. The first-order valence-electron chi connectivity index (χ1n) is 6.27. The summed E-state index contributed by atoms with van der Waals surface area (Å²) in [5.74, 6) is 0.877. The van der Waals surface area contributed by atoms with Gasteiger partial charge in [0.25, 0.3) is 0 Å². The van der Waals surface area contributed by atoms with Crippen molar-refractivity contribution in [3.05, 3.63) is 30.7 Å². The van der Waals surface area contributed by atoms with E-state index in [1.54, 1.807) is 6.20 Å². The zero-order valence-corrected chi connectivity index (χ0v) is 10.3. The quantitative estimate of drug-likeness (QED) is 0.809. The van der Waals surface area contributed by atoms with E-state index in [9.17, 15) is 0 Å². The number of hydrogen-bond acceptors (Lipinski definition) is 4. The van der Waals surface area contributed by atoms with E-state index in [1.807, 2.05) is 28.9 Å². The van der Waals surface area contributed by atoms with Gasteiger partial charge in [0.2, 0.25) is 0 Å². The van der Waals surface area contributed by atoms with Crippen LogP contribution < -0.4 is 4.74 Å². The van der Waals surface area contributed by atoms with Crippen LogP contribution in [0, 0.1) is 0 Å². The molecule has 2 aromatic rings. The minimum Gasteiger partial charge on any atom is -0.492 e. The molecule has 1 saturated heterocycles. The molecular weight excluding hydrogens is 230 g/mol. The fraction of sp³-hybridized carbons (Fsp3) is 0.462. The SMILES string of the molecule is c1cn2ccc(OCCN3CCOCC3)cc2n1. The Bertz CT molecular complexity index is 506. The van der Waals surface area contributed by atoms with Gasteiger partial charge >= 0.3 is 0 Å². The van der Waals surface area contributed by atoms with Crippen LogP contribution in [0.15, 0.2) is 30.7 Å². The minimum atomic E-state index is 0.705. The summed E-state index contributed by atoms with van der Waals surface area (Å²) in [5.41, 5.74) is 0.916. The molecule has 96 valence electrons. The van der Waals surface area contributed by atoms with Gasteiger partial charge in [-0.3, -0.25) is 4.90 Å². The van der Waals surface area contributed by atoms with Crippen molar-refractivity contribution in [1.82, 2.24) is 14.3 Å². The lowest BCUT2D eigenvalue weighted by Crippen LogP contribution is -2.38. The van der Waals surface area contributed by atoms with Crippen molar-refractivity contribution < 1.29 is 9.47 Å². The van der Waals surface area contributed by atoms with E-state index in [2.05, 4.69) is 9.88 Å². The Kier molecular flexibility index (Phi) is 3.43. The van der Waals surface area contributed by atoms with Gasteiger partial charge in [-0.2, -0.15) is 0 Å². The van der Waals surface area contributed by atoms with Crippen LogP contribution in [0.5, 0.6) is 5.75 Å². The molecule has 0 aliphatic carbocycles. The Hall–Kier alpha value is -1.59. The number of nitrogens with zero attached hydrogens (tertiary/aromatic N) is 3. The molecular formula is C13H17N3O2. The summed E-state index contributed by atoms with van der Waals surface area (Å²) in [6.07, 6.45) is 5.67. The number of pyridine rings is 1. The molecule has 0 saturated carbocycles. The van der Waals surface area contributed by atoms with Crippen molar-refractivity contribution >= 4 is 5.65 Å². The van der Waals surface area contributed by atoms with Crippen molar-refractivity contribution in [3.8, 4) is 5.75 Å². The average molecular weight is 247 g/mol. The standard InChI is InChI=1S/C13H17N3O2/c1-3-16-4-2-14-13(16)11-12(1)18-10-7-15-5-8-17-9-6-15/h1-4,11H,5-10H2. The molecule has 1 aliphatic heterocycles. The van der Waals surface area contributed by atoms with Gasteiger partial charge in [-0.25, -0.2) is 4.98 Å². The molecule has 0 aromatic carbocycles. The second kappa shape index (κ2) is 5.37. The van der Waals surface area contributed by atoms with Gasteiger partial charge in [0.1, 0.15) is 18.0 Å². The van der Waals surface area contributed by atoms with Gasteiger partial charge in [-0.1, -0.05) is 0 Å². The Morgan fingerprint density at radius 2 is 2.17 bits per heavy atom. The highest BCUT2D eigenvalue weighted by molar-refractivity contribution is 5.43. The minimum absolute atomic E-state index is 0.705. The second-order valence-corrected chi connectivity index (χ2v) is 4.36. The lowest BCUT2D eigenvalue weighted by molar-refractivity contribution is 0.0322. The third kappa shape index (κ3) is 2.63. The molecule has 2 aromatic heterocycles. The predicted molar refractivity (Wildman–Crippen MR) is 67.9 cm³/mol. The molecule has 3 heterocycles. The van der Waals surface area contributed by atoms with Crippen LogP contribution in [0.2, 0.25) is 0 Å². The van der Waals surface area contributed by atoms with E-state index in [1.165, 1.54) is 0 Å². The van der Waals surface area contributed by atoms with E-state index in [4.69, 9.17) is 9.47 Å². The highest BCUT2D eigenvalue weighted by Crippen LogP contribution is 2.13. The van der Waals surface area contributed by atoms with Crippen LogP contribution in [-0.2, 0) is 4.74 Å². The van der Waals surface area contributed by atoms with Gasteiger partial charge in [-0.15, -0.1) is 0 Å². The van der Waals surface area contributed by atoms with Crippen molar-refractivity contribution in [3.63, 3.8) is 0 Å². The Labute approximate surface area is 106 Å². The molecule has 0 atom stereocenters. The predicted octanol–water partition coefficient (Wildman–Crippen LogP) is 1.05. The molecule has 0 amide bonds. The molecule has 5 nitrogen and oxygen atoms in total. The molecule has 18 heavy (non-hydrogen) atoms. The molecule has 1 aliphatic rings. The molecule has 5 heteroatoms. The molecule has 0 unspecified atom stereocenters. The summed E-state index contributed by atoms with van der Waals surface area (Å²) in [7, 11) is 0. The number of rotatable bonds is 4. The van der Waals surface area contributed by atoms with Crippen LogP contribution in [0.1, 0.15) is 0 Å². The van der Waals surface area contributed by atoms with E-state index < -0.39 is 0 Å². The fourth-order valence-electron chi connectivity index (χ4n) is 2.10. The summed E-state index contributed by atoms with van der Waals surface area (Å²) in [4.78, 5) is 6.59. The maximum Gasteiger partial charge on any atom is 0.140 e. The lowest BCUT2D eigenvalue weighted by Gasteiger charge is -2.26. The summed E-state index contributed by atoms with van der Waals surface area (Å²) >= 11 is 0. The van der Waals surface area contributed by atoms with Crippen molar-refractivity contribution in [2.45, 2.75) is 0 Å². The Morgan fingerprint density at radius 3 is 3.06 bits per heavy atom. The summed E-state index contributed by atoms with van der Waals surface area (Å²) in [5, 5.41) is 0. The van der Waals surface area contributed by atoms with Gasteiger partial charge in [0.05, 0.1) is 13.2 Å². The number of hydrogen-bond donors (Lipinski definition) is 0. The Morgan fingerprint density at radius 1 is 1.28 bits per heavy atom. The molecule has 3 rings (SSSR count). The van der Waals surface area contributed by atoms with Crippen LogP contribution in [-0.4, -0.2) is 53.7 Å². The first kappa shape index (κ1) is 11.5. The average Bonchev–Trinajstić information content (AvgIpc) is 2.87.